The number of amides is 1. The number of hydrogen-bond acceptors (Lipinski definition) is 5. The lowest BCUT2D eigenvalue weighted by Gasteiger charge is -2.10. The highest BCUT2D eigenvalue weighted by atomic mass is 16.5. The molecule has 2 aromatic heterocycles. The van der Waals surface area contributed by atoms with E-state index in [2.05, 4.69) is 15.5 Å². The van der Waals surface area contributed by atoms with Gasteiger partial charge in [-0.15, -0.1) is 10.2 Å². The van der Waals surface area contributed by atoms with Gasteiger partial charge in [-0.1, -0.05) is 6.07 Å². The predicted octanol–water partition coefficient (Wildman–Crippen LogP) is 2.82. The molecule has 1 aromatic carbocycles. The van der Waals surface area contributed by atoms with Crippen LogP contribution in [0, 0.1) is 0 Å². The summed E-state index contributed by atoms with van der Waals surface area (Å²) in [5.74, 6) is 2.27. The number of nitrogens with one attached hydrogen (secondary N) is 1. The van der Waals surface area contributed by atoms with E-state index in [4.69, 9.17) is 9.47 Å². The van der Waals surface area contributed by atoms with Crippen LogP contribution in [0.4, 0.5) is 0 Å². The topological polar surface area (TPSA) is 77.8 Å². The third-order valence-electron chi connectivity index (χ3n) is 4.77. The molecule has 3 heterocycles. The van der Waals surface area contributed by atoms with Crippen LogP contribution < -0.4 is 14.8 Å². The first-order chi connectivity index (χ1) is 14.1. The van der Waals surface area contributed by atoms with E-state index in [9.17, 15) is 4.79 Å². The second-order valence-corrected chi connectivity index (χ2v) is 6.98. The third-order valence-corrected chi connectivity index (χ3v) is 4.77. The number of carbonyl (C=O) groups excluding carboxylic acids is 1. The Morgan fingerprint density at radius 3 is 3.14 bits per heavy atom. The second kappa shape index (κ2) is 8.34. The van der Waals surface area contributed by atoms with Gasteiger partial charge >= 0.3 is 0 Å². The third kappa shape index (κ3) is 4.23. The van der Waals surface area contributed by atoms with Crippen LogP contribution in [0.3, 0.4) is 0 Å². The zero-order valence-corrected chi connectivity index (χ0v) is 16.6. The van der Waals surface area contributed by atoms with E-state index in [1.54, 1.807) is 6.08 Å². The smallest absolute Gasteiger partial charge is 0.244 e. The maximum Gasteiger partial charge on any atom is 0.244 e. The minimum absolute atomic E-state index is 0.162. The predicted molar refractivity (Wildman–Crippen MR) is 110 cm³/mol. The van der Waals surface area contributed by atoms with E-state index in [-0.39, 0.29) is 12.0 Å². The van der Waals surface area contributed by atoms with E-state index in [0.717, 1.165) is 40.5 Å². The monoisotopic (exact) mass is 392 g/mol. The summed E-state index contributed by atoms with van der Waals surface area (Å²) in [6.07, 6.45) is 6.83. The van der Waals surface area contributed by atoms with Crippen molar-refractivity contribution in [3.8, 4) is 11.5 Å². The van der Waals surface area contributed by atoms with Crippen LogP contribution in [0.15, 0.2) is 42.6 Å². The van der Waals surface area contributed by atoms with Crippen molar-refractivity contribution in [2.24, 2.45) is 0 Å². The fourth-order valence-electron chi connectivity index (χ4n) is 3.45. The Hall–Kier alpha value is -3.35. The summed E-state index contributed by atoms with van der Waals surface area (Å²) >= 11 is 0. The lowest BCUT2D eigenvalue weighted by molar-refractivity contribution is -0.116. The summed E-state index contributed by atoms with van der Waals surface area (Å²) in [6, 6.07) is 9.70. The number of benzene rings is 1. The van der Waals surface area contributed by atoms with Gasteiger partial charge in [0.25, 0.3) is 0 Å². The van der Waals surface area contributed by atoms with Crippen LogP contribution in [-0.4, -0.2) is 39.8 Å². The highest BCUT2D eigenvalue weighted by Crippen LogP contribution is 2.35. The number of rotatable bonds is 7. The summed E-state index contributed by atoms with van der Waals surface area (Å²) in [6.45, 7) is 5.03. The average molecular weight is 392 g/mol. The van der Waals surface area contributed by atoms with Crippen LogP contribution in [0.1, 0.15) is 30.8 Å². The Balaban J connectivity index is 1.38. The van der Waals surface area contributed by atoms with Crippen molar-refractivity contribution in [3.05, 3.63) is 59.6 Å². The summed E-state index contributed by atoms with van der Waals surface area (Å²) in [5.41, 5.74) is 2.77. The van der Waals surface area contributed by atoms with Gasteiger partial charge in [-0.25, -0.2) is 0 Å². The van der Waals surface area contributed by atoms with Gasteiger partial charge in [0.2, 0.25) is 5.91 Å². The normalized spacial score (nSPS) is 15.4. The first kappa shape index (κ1) is 19.0. The molecule has 0 spiro atoms. The van der Waals surface area contributed by atoms with Gasteiger partial charge in [0.15, 0.2) is 5.65 Å². The molecule has 0 radical (unpaired) electrons. The number of ether oxygens (including phenoxy) is 2. The zero-order chi connectivity index (χ0) is 20.2. The molecular weight excluding hydrogens is 368 g/mol. The number of fused-ring (bicyclic) bond motifs is 2. The number of hydrogen-bond donors (Lipinski definition) is 1. The average Bonchev–Trinajstić information content (AvgIpc) is 3.28. The van der Waals surface area contributed by atoms with Gasteiger partial charge < -0.3 is 14.8 Å². The van der Waals surface area contributed by atoms with Crippen molar-refractivity contribution in [3.63, 3.8) is 0 Å². The molecule has 150 valence electrons. The van der Waals surface area contributed by atoms with Crippen molar-refractivity contribution in [1.29, 1.82) is 0 Å². The van der Waals surface area contributed by atoms with Crippen molar-refractivity contribution in [2.45, 2.75) is 32.8 Å². The Kier molecular flexibility index (Phi) is 5.46. The molecule has 3 aromatic rings. The largest absolute Gasteiger partial charge is 0.493 e. The SMILES string of the molecule is CCOc1cc2c(cc1C=CC(=O)NCCc1nnc3ccccn13)OC(C)C2. The van der Waals surface area contributed by atoms with E-state index in [0.29, 0.717) is 19.6 Å². The van der Waals surface area contributed by atoms with Crippen LogP contribution >= 0.6 is 0 Å². The van der Waals surface area contributed by atoms with Gasteiger partial charge in [0.05, 0.1) is 6.61 Å². The first-order valence-corrected chi connectivity index (χ1v) is 9.85. The van der Waals surface area contributed by atoms with E-state index >= 15 is 0 Å². The van der Waals surface area contributed by atoms with Crippen molar-refractivity contribution < 1.29 is 14.3 Å². The Labute approximate surface area is 169 Å². The highest BCUT2D eigenvalue weighted by Gasteiger charge is 2.21. The molecular formula is C22H24N4O3. The molecule has 1 amide bonds. The van der Waals surface area contributed by atoms with Gasteiger partial charge in [-0.05, 0) is 44.2 Å². The Morgan fingerprint density at radius 1 is 1.38 bits per heavy atom. The van der Waals surface area contributed by atoms with Crippen LogP contribution in [0.25, 0.3) is 11.7 Å². The van der Waals surface area contributed by atoms with E-state index in [1.165, 1.54) is 6.08 Å². The zero-order valence-electron chi connectivity index (χ0n) is 16.6. The maximum absolute atomic E-state index is 12.3. The minimum Gasteiger partial charge on any atom is -0.493 e. The van der Waals surface area contributed by atoms with Crippen molar-refractivity contribution in [1.82, 2.24) is 19.9 Å². The van der Waals surface area contributed by atoms with Gasteiger partial charge in [-0.2, -0.15) is 0 Å². The number of carbonyl (C=O) groups is 1. The molecule has 0 saturated carbocycles. The Bertz CT molecular complexity index is 1060. The molecule has 1 aliphatic heterocycles. The molecule has 0 aliphatic carbocycles. The standard InChI is InChI=1S/C22H24N4O3/c1-3-28-18-14-17-12-15(2)29-19(17)13-16(18)7-8-22(27)23-10-9-21-25-24-20-6-4-5-11-26(20)21/h4-8,11,13-15H,3,9-10,12H2,1-2H3,(H,23,27). The molecule has 7 nitrogen and oxygen atoms in total. The quantitative estimate of drug-likeness (QED) is 0.626. The maximum atomic E-state index is 12.3. The van der Waals surface area contributed by atoms with Gasteiger partial charge in [0, 0.05) is 42.8 Å². The lowest BCUT2D eigenvalue weighted by Crippen LogP contribution is -2.24. The summed E-state index contributed by atoms with van der Waals surface area (Å²) in [7, 11) is 0. The number of pyridine rings is 1. The first-order valence-electron chi connectivity index (χ1n) is 9.85. The fraction of sp³-hybridized carbons (Fsp3) is 0.318. The van der Waals surface area contributed by atoms with Gasteiger partial charge in [0.1, 0.15) is 23.4 Å². The number of aromatic nitrogens is 3. The molecule has 1 atom stereocenters. The Morgan fingerprint density at radius 2 is 2.28 bits per heavy atom. The summed E-state index contributed by atoms with van der Waals surface area (Å²) in [5, 5.41) is 11.2. The molecule has 29 heavy (non-hydrogen) atoms. The molecule has 1 unspecified atom stereocenters. The van der Waals surface area contributed by atoms with E-state index in [1.807, 2.05) is 54.8 Å². The molecule has 0 bridgehead atoms. The van der Waals surface area contributed by atoms with Crippen LogP contribution in [0.2, 0.25) is 0 Å². The molecule has 0 fully saturated rings. The molecule has 4 rings (SSSR count). The van der Waals surface area contributed by atoms with Gasteiger partial charge in [-0.3, -0.25) is 9.20 Å². The molecule has 0 saturated heterocycles. The van der Waals surface area contributed by atoms with Crippen LogP contribution in [-0.2, 0) is 17.6 Å². The minimum atomic E-state index is -0.170. The molecule has 7 heteroatoms. The summed E-state index contributed by atoms with van der Waals surface area (Å²) in [4.78, 5) is 12.3. The lowest BCUT2D eigenvalue weighted by atomic mass is 10.1. The number of nitrogens with zero attached hydrogens (tertiary/aromatic N) is 3. The second-order valence-electron chi connectivity index (χ2n) is 6.98. The summed E-state index contributed by atoms with van der Waals surface area (Å²) < 4.78 is 13.5. The van der Waals surface area contributed by atoms with Crippen LogP contribution in [0.5, 0.6) is 11.5 Å². The van der Waals surface area contributed by atoms with Crippen molar-refractivity contribution in [2.75, 3.05) is 13.2 Å². The molecule has 1 aliphatic rings. The molecule has 1 N–H and O–H groups in total. The fourth-order valence-corrected chi connectivity index (χ4v) is 3.45. The highest BCUT2D eigenvalue weighted by molar-refractivity contribution is 5.92. The van der Waals surface area contributed by atoms with Crippen molar-refractivity contribution >= 4 is 17.6 Å². The van der Waals surface area contributed by atoms with E-state index < -0.39 is 0 Å².